The molecule has 1 aromatic heterocycles. The van der Waals surface area contributed by atoms with Gasteiger partial charge in [0.25, 0.3) is 5.56 Å². The molecule has 3 rings (SSSR count). The molecule has 2 heterocycles. The molecule has 1 aliphatic heterocycles. The molecule has 1 aliphatic rings. The average Bonchev–Trinajstić information content (AvgIpc) is 2.68. The van der Waals surface area contributed by atoms with Crippen molar-refractivity contribution >= 4 is 21.6 Å². The van der Waals surface area contributed by atoms with E-state index in [0.717, 1.165) is 43.1 Å². The van der Waals surface area contributed by atoms with E-state index in [4.69, 9.17) is 4.74 Å². The molecular formula is C12H15N2O2S+. The van der Waals surface area contributed by atoms with Gasteiger partial charge in [-0.1, -0.05) is 23.7 Å². The summed E-state index contributed by atoms with van der Waals surface area (Å²) in [4.78, 5) is 13.6. The molecule has 0 bridgehead atoms. The molecule has 0 unspecified atom stereocenters. The van der Waals surface area contributed by atoms with Gasteiger partial charge in [-0.25, -0.2) is 3.96 Å². The SMILES string of the molecule is O=c1c2ccccc2sn1C[NH+]1CCOCC1. The number of nitrogens with zero attached hydrogens (tertiary/aromatic N) is 1. The van der Waals surface area contributed by atoms with Crippen molar-refractivity contribution in [2.75, 3.05) is 26.3 Å². The predicted octanol–water partition coefficient (Wildman–Crippen LogP) is -0.0644. The third-order valence-corrected chi connectivity index (χ3v) is 4.19. The number of quaternary nitrogens is 1. The van der Waals surface area contributed by atoms with Gasteiger partial charge in [0.15, 0.2) is 6.67 Å². The van der Waals surface area contributed by atoms with Crippen LogP contribution in [0.5, 0.6) is 0 Å². The van der Waals surface area contributed by atoms with Gasteiger partial charge in [-0.2, -0.15) is 0 Å². The van der Waals surface area contributed by atoms with Gasteiger partial charge >= 0.3 is 0 Å². The number of hydrogen-bond donors (Lipinski definition) is 1. The first-order valence-corrected chi connectivity index (χ1v) is 6.62. The molecular weight excluding hydrogens is 236 g/mol. The zero-order valence-electron chi connectivity index (χ0n) is 9.52. The summed E-state index contributed by atoms with van der Waals surface area (Å²) >= 11 is 1.56. The van der Waals surface area contributed by atoms with Gasteiger partial charge in [0.2, 0.25) is 0 Å². The minimum absolute atomic E-state index is 0.143. The Balaban J connectivity index is 1.89. The van der Waals surface area contributed by atoms with Crippen molar-refractivity contribution < 1.29 is 9.64 Å². The van der Waals surface area contributed by atoms with E-state index < -0.39 is 0 Å². The fraction of sp³-hybridized carbons (Fsp3) is 0.417. The predicted molar refractivity (Wildman–Crippen MR) is 67.6 cm³/mol. The van der Waals surface area contributed by atoms with Crippen LogP contribution in [0.25, 0.3) is 10.1 Å². The Morgan fingerprint density at radius 3 is 2.82 bits per heavy atom. The number of benzene rings is 1. The molecule has 2 aromatic rings. The van der Waals surface area contributed by atoms with E-state index in [1.807, 2.05) is 28.2 Å². The molecule has 0 spiro atoms. The molecule has 1 fully saturated rings. The second kappa shape index (κ2) is 4.60. The van der Waals surface area contributed by atoms with Crippen molar-refractivity contribution in [1.29, 1.82) is 0 Å². The van der Waals surface area contributed by atoms with Gasteiger partial charge in [-0.15, -0.1) is 0 Å². The monoisotopic (exact) mass is 251 g/mol. The highest BCUT2D eigenvalue weighted by molar-refractivity contribution is 7.13. The van der Waals surface area contributed by atoms with Gasteiger partial charge in [0.1, 0.15) is 13.1 Å². The van der Waals surface area contributed by atoms with E-state index in [1.165, 1.54) is 4.90 Å². The minimum atomic E-state index is 0.143. The quantitative estimate of drug-likeness (QED) is 0.811. The maximum absolute atomic E-state index is 12.1. The van der Waals surface area contributed by atoms with Gasteiger partial charge < -0.3 is 9.64 Å². The average molecular weight is 251 g/mol. The van der Waals surface area contributed by atoms with Gasteiger partial charge in [-0.05, 0) is 12.1 Å². The zero-order chi connectivity index (χ0) is 11.7. The van der Waals surface area contributed by atoms with E-state index in [0.29, 0.717) is 0 Å². The third kappa shape index (κ3) is 2.13. The van der Waals surface area contributed by atoms with Crippen molar-refractivity contribution in [2.45, 2.75) is 6.67 Å². The Bertz CT molecular complexity index is 569. The largest absolute Gasteiger partial charge is 0.370 e. The Labute approximate surface area is 103 Å². The van der Waals surface area contributed by atoms with Gasteiger partial charge in [-0.3, -0.25) is 4.79 Å². The highest BCUT2D eigenvalue weighted by Gasteiger charge is 2.16. The smallest absolute Gasteiger partial charge is 0.273 e. The number of fused-ring (bicyclic) bond motifs is 1. The molecule has 0 aliphatic carbocycles. The molecule has 4 nitrogen and oxygen atoms in total. The van der Waals surface area contributed by atoms with Crippen molar-refractivity contribution in [3.63, 3.8) is 0 Å². The standard InChI is InChI=1S/C12H14N2O2S/c15-12-10-3-1-2-4-11(10)17-14(12)9-13-5-7-16-8-6-13/h1-4H,5-9H2/p+1. The summed E-state index contributed by atoms with van der Waals surface area (Å²) in [5.41, 5.74) is 0.143. The van der Waals surface area contributed by atoms with Crippen LogP contribution in [0.3, 0.4) is 0 Å². The minimum Gasteiger partial charge on any atom is -0.370 e. The maximum Gasteiger partial charge on any atom is 0.273 e. The Morgan fingerprint density at radius 2 is 2.06 bits per heavy atom. The summed E-state index contributed by atoms with van der Waals surface area (Å²) in [5.74, 6) is 0. The lowest BCUT2D eigenvalue weighted by Crippen LogP contribution is -3.13. The number of rotatable bonds is 2. The summed E-state index contributed by atoms with van der Waals surface area (Å²) < 4.78 is 8.26. The summed E-state index contributed by atoms with van der Waals surface area (Å²) in [5, 5.41) is 0.838. The number of ether oxygens (including phenoxy) is 1. The molecule has 1 saturated heterocycles. The molecule has 17 heavy (non-hydrogen) atoms. The Morgan fingerprint density at radius 1 is 1.29 bits per heavy atom. The Hall–Kier alpha value is -1.17. The van der Waals surface area contributed by atoms with Crippen LogP contribution in [0, 0.1) is 0 Å². The lowest BCUT2D eigenvalue weighted by Gasteiger charge is -2.23. The molecule has 1 aromatic carbocycles. The van der Waals surface area contributed by atoms with E-state index >= 15 is 0 Å². The summed E-state index contributed by atoms with van der Waals surface area (Å²) in [6.07, 6.45) is 0. The second-order valence-corrected chi connectivity index (χ2v) is 5.35. The maximum atomic E-state index is 12.1. The topological polar surface area (TPSA) is 35.7 Å². The van der Waals surface area contributed by atoms with Crippen LogP contribution in [0.1, 0.15) is 0 Å². The Kier molecular flexibility index (Phi) is 2.96. The first kappa shape index (κ1) is 11.0. The first-order valence-electron chi connectivity index (χ1n) is 5.85. The van der Waals surface area contributed by atoms with Crippen LogP contribution in [-0.4, -0.2) is 30.3 Å². The summed E-state index contributed by atoms with van der Waals surface area (Å²) in [7, 11) is 0. The summed E-state index contributed by atoms with van der Waals surface area (Å²) in [6, 6.07) is 7.80. The number of morpholine rings is 1. The summed E-state index contributed by atoms with van der Waals surface area (Å²) in [6.45, 7) is 4.34. The van der Waals surface area contributed by atoms with Crippen LogP contribution in [-0.2, 0) is 11.4 Å². The molecule has 0 saturated carbocycles. The molecule has 0 radical (unpaired) electrons. The van der Waals surface area contributed by atoms with Crippen LogP contribution < -0.4 is 10.5 Å². The van der Waals surface area contributed by atoms with Gasteiger partial charge in [0.05, 0.1) is 23.3 Å². The fourth-order valence-corrected chi connectivity index (χ4v) is 3.20. The zero-order valence-corrected chi connectivity index (χ0v) is 10.3. The van der Waals surface area contributed by atoms with Crippen LogP contribution in [0.15, 0.2) is 29.1 Å². The number of aromatic nitrogens is 1. The molecule has 5 heteroatoms. The van der Waals surface area contributed by atoms with Crippen molar-refractivity contribution in [2.24, 2.45) is 0 Å². The lowest BCUT2D eigenvalue weighted by molar-refractivity contribution is -0.929. The van der Waals surface area contributed by atoms with Crippen LogP contribution >= 0.6 is 11.5 Å². The van der Waals surface area contributed by atoms with Crippen molar-refractivity contribution in [1.82, 2.24) is 3.96 Å². The first-order chi connectivity index (χ1) is 8.34. The molecule has 0 amide bonds. The highest BCUT2D eigenvalue weighted by Crippen LogP contribution is 2.14. The molecule has 90 valence electrons. The normalized spacial score (nSPS) is 17.6. The van der Waals surface area contributed by atoms with Crippen molar-refractivity contribution in [3.8, 4) is 0 Å². The lowest BCUT2D eigenvalue weighted by atomic mass is 10.3. The van der Waals surface area contributed by atoms with E-state index in [9.17, 15) is 4.79 Å². The third-order valence-electron chi connectivity index (χ3n) is 3.12. The fourth-order valence-electron chi connectivity index (χ4n) is 2.14. The van der Waals surface area contributed by atoms with Crippen molar-refractivity contribution in [3.05, 3.63) is 34.6 Å². The van der Waals surface area contributed by atoms with E-state index in [-0.39, 0.29) is 5.56 Å². The van der Waals surface area contributed by atoms with Crippen LogP contribution in [0.4, 0.5) is 0 Å². The van der Waals surface area contributed by atoms with Gasteiger partial charge in [0, 0.05) is 0 Å². The van der Waals surface area contributed by atoms with E-state index in [2.05, 4.69) is 0 Å². The van der Waals surface area contributed by atoms with Crippen LogP contribution in [0.2, 0.25) is 0 Å². The second-order valence-electron chi connectivity index (χ2n) is 4.29. The molecule has 1 N–H and O–H groups in total. The highest BCUT2D eigenvalue weighted by atomic mass is 32.1. The molecule has 0 atom stereocenters. The number of nitrogens with one attached hydrogen (secondary N) is 1. The van der Waals surface area contributed by atoms with E-state index in [1.54, 1.807) is 11.5 Å². The number of hydrogen-bond acceptors (Lipinski definition) is 3.